The highest BCUT2D eigenvalue weighted by Crippen LogP contribution is 2.16. The van der Waals surface area contributed by atoms with Crippen molar-refractivity contribution in [3.63, 3.8) is 0 Å². The van der Waals surface area contributed by atoms with Crippen LogP contribution in [-0.2, 0) is 9.59 Å². The predicted molar refractivity (Wildman–Crippen MR) is 77.4 cm³/mol. The van der Waals surface area contributed by atoms with Crippen LogP contribution in [0.1, 0.15) is 19.8 Å². The van der Waals surface area contributed by atoms with Crippen molar-refractivity contribution in [1.82, 2.24) is 20.0 Å². The number of amides is 2. The third-order valence-electron chi connectivity index (χ3n) is 4.35. The predicted octanol–water partition coefficient (Wildman–Crippen LogP) is -0.639. The first-order valence-corrected chi connectivity index (χ1v) is 7.53. The van der Waals surface area contributed by atoms with Gasteiger partial charge in [-0.3, -0.25) is 14.5 Å². The molecule has 2 fully saturated rings. The van der Waals surface area contributed by atoms with E-state index in [1.807, 2.05) is 16.8 Å². The number of nitrogens with zero attached hydrogens (tertiary/aromatic N) is 3. The lowest BCUT2D eigenvalue weighted by molar-refractivity contribution is -0.139. The van der Waals surface area contributed by atoms with Crippen molar-refractivity contribution in [3.05, 3.63) is 0 Å². The number of hydrogen-bond acceptors (Lipinski definition) is 4. The molecule has 0 radical (unpaired) electrons. The van der Waals surface area contributed by atoms with Crippen LogP contribution < -0.4 is 5.32 Å². The largest absolute Gasteiger partial charge is 0.339 e. The van der Waals surface area contributed by atoms with Crippen LogP contribution in [0.5, 0.6) is 0 Å². The van der Waals surface area contributed by atoms with Gasteiger partial charge in [0.15, 0.2) is 0 Å². The summed E-state index contributed by atoms with van der Waals surface area (Å²) in [6, 6.07) is 0.488. The molecule has 2 heterocycles. The van der Waals surface area contributed by atoms with Crippen molar-refractivity contribution in [2.45, 2.75) is 25.8 Å². The normalized spacial score (nSPS) is 24.2. The van der Waals surface area contributed by atoms with Crippen LogP contribution in [0.15, 0.2) is 0 Å². The summed E-state index contributed by atoms with van der Waals surface area (Å²) in [5.74, 6) is 0.307. The number of rotatable bonds is 4. The van der Waals surface area contributed by atoms with Crippen LogP contribution in [0.3, 0.4) is 0 Å². The van der Waals surface area contributed by atoms with E-state index in [0.717, 1.165) is 13.1 Å². The van der Waals surface area contributed by atoms with Gasteiger partial charge in [0, 0.05) is 45.7 Å². The van der Waals surface area contributed by atoms with Gasteiger partial charge in [0.25, 0.3) is 0 Å². The Hall–Kier alpha value is -1.14. The topological polar surface area (TPSA) is 55.9 Å². The summed E-state index contributed by atoms with van der Waals surface area (Å²) in [4.78, 5) is 29.6. The summed E-state index contributed by atoms with van der Waals surface area (Å²) < 4.78 is 0. The maximum Gasteiger partial charge on any atom is 0.236 e. The fourth-order valence-electron chi connectivity index (χ4n) is 3.11. The molecule has 2 aliphatic rings. The van der Waals surface area contributed by atoms with Gasteiger partial charge in [0.05, 0.1) is 6.54 Å². The molecule has 0 saturated carbocycles. The summed E-state index contributed by atoms with van der Waals surface area (Å²) in [5, 5.41) is 3.20. The number of hydrogen-bond donors (Lipinski definition) is 1. The minimum atomic E-state index is 0.103. The van der Waals surface area contributed by atoms with E-state index in [2.05, 4.69) is 10.2 Å². The molecule has 1 unspecified atom stereocenters. The molecule has 0 spiro atoms. The van der Waals surface area contributed by atoms with Gasteiger partial charge < -0.3 is 15.1 Å². The Labute approximate surface area is 121 Å². The molecule has 2 amide bonds. The molecule has 0 aromatic carbocycles. The highest BCUT2D eigenvalue weighted by molar-refractivity contribution is 5.79. The van der Waals surface area contributed by atoms with Gasteiger partial charge >= 0.3 is 0 Å². The number of carbonyl (C=O) groups is 2. The first-order chi connectivity index (χ1) is 9.61. The molecule has 114 valence electrons. The maximum absolute atomic E-state index is 12.3. The number of carbonyl (C=O) groups excluding carboxylic acids is 2. The van der Waals surface area contributed by atoms with E-state index in [1.54, 1.807) is 6.92 Å². The van der Waals surface area contributed by atoms with E-state index in [4.69, 9.17) is 0 Å². The molecule has 1 atom stereocenters. The van der Waals surface area contributed by atoms with E-state index in [0.29, 0.717) is 38.8 Å². The number of piperazine rings is 1. The highest BCUT2D eigenvalue weighted by Gasteiger charge is 2.28. The van der Waals surface area contributed by atoms with E-state index in [-0.39, 0.29) is 11.8 Å². The number of likely N-dealkylation sites (tertiary alicyclic amines) is 1. The quantitative estimate of drug-likeness (QED) is 0.745. The molecular weight excluding hydrogens is 256 g/mol. The minimum absolute atomic E-state index is 0.103. The third kappa shape index (κ3) is 3.70. The van der Waals surface area contributed by atoms with Crippen molar-refractivity contribution in [2.75, 3.05) is 52.9 Å². The van der Waals surface area contributed by atoms with Crippen LogP contribution in [0.2, 0.25) is 0 Å². The van der Waals surface area contributed by atoms with Gasteiger partial charge in [0.2, 0.25) is 11.8 Å². The lowest BCUT2D eigenvalue weighted by atomic mass is 10.2. The summed E-state index contributed by atoms with van der Waals surface area (Å²) in [5.41, 5.74) is 0. The molecule has 0 aromatic rings. The first kappa shape index (κ1) is 15.3. The van der Waals surface area contributed by atoms with Crippen LogP contribution in [-0.4, -0.2) is 85.4 Å². The monoisotopic (exact) mass is 282 g/mol. The van der Waals surface area contributed by atoms with E-state index in [1.165, 1.54) is 12.8 Å². The zero-order valence-corrected chi connectivity index (χ0v) is 12.6. The molecular formula is C14H26N4O2. The maximum atomic E-state index is 12.3. The van der Waals surface area contributed by atoms with Gasteiger partial charge in [-0.1, -0.05) is 0 Å². The molecule has 2 aliphatic heterocycles. The molecule has 0 bridgehead atoms. The minimum Gasteiger partial charge on any atom is -0.339 e. The van der Waals surface area contributed by atoms with Gasteiger partial charge in [-0.15, -0.1) is 0 Å². The summed E-state index contributed by atoms with van der Waals surface area (Å²) in [6.07, 6.45) is 2.35. The molecule has 2 saturated heterocycles. The second kappa shape index (κ2) is 7.04. The average molecular weight is 282 g/mol. The molecule has 0 aromatic heterocycles. The summed E-state index contributed by atoms with van der Waals surface area (Å²) in [6.45, 7) is 6.75. The van der Waals surface area contributed by atoms with Crippen LogP contribution in [0.4, 0.5) is 0 Å². The molecule has 1 N–H and O–H groups in total. The van der Waals surface area contributed by atoms with Crippen molar-refractivity contribution in [2.24, 2.45) is 0 Å². The van der Waals surface area contributed by atoms with Crippen molar-refractivity contribution >= 4 is 11.8 Å². The molecule has 6 heteroatoms. The average Bonchev–Trinajstić information content (AvgIpc) is 2.86. The van der Waals surface area contributed by atoms with Crippen molar-refractivity contribution in [3.8, 4) is 0 Å². The Kier molecular flexibility index (Phi) is 5.37. The van der Waals surface area contributed by atoms with Gasteiger partial charge in [0.1, 0.15) is 0 Å². The van der Waals surface area contributed by atoms with E-state index in [9.17, 15) is 9.59 Å². The highest BCUT2D eigenvalue weighted by atomic mass is 16.2. The lowest BCUT2D eigenvalue weighted by Crippen LogP contribution is -2.53. The van der Waals surface area contributed by atoms with E-state index < -0.39 is 0 Å². The molecule has 0 aliphatic carbocycles. The Bertz CT molecular complexity index is 353. The van der Waals surface area contributed by atoms with Gasteiger partial charge in [-0.25, -0.2) is 0 Å². The second-order valence-electron chi connectivity index (χ2n) is 5.71. The van der Waals surface area contributed by atoms with Gasteiger partial charge in [-0.2, -0.15) is 0 Å². The summed E-state index contributed by atoms with van der Waals surface area (Å²) >= 11 is 0. The Balaban J connectivity index is 1.79. The number of likely N-dealkylation sites (N-methyl/N-ethyl adjacent to an activating group) is 1. The van der Waals surface area contributed by atoms with Gasteiger partial charge in [-0.05, 0) is 26.4 Å². The first-order valence-electron chi connectivity index (χ1n) is 7.53. The standard InChI is InChI=1S/C14H26N4O2/c1-12(19)16-6-8-17(9-7-16)14(20)11-18-5-3-4-13(18)10-15-2/h13,15H,3-11H2,1-2H3. The third-order valence-corrected chi connectivity index (χ3v) is 4.35. The Morgan fingerprint density at radius 3 is 2.35 bits per heavy atom. The fraction of sp³-hybridized carbons (Fsp3) is 0.857. The molecule has 20 heavy (non-hydrogen) atoms. The zero-order chi connectivity index (χ0) is 14.5. The smallest absolute Gasteiger partial charge is 0.236 e. The van der Waals surface area contributed by atoms with Crippen molar-refractivity contribution < 1.29 is 9.59 Å². The van der Waals surface area contributed by atoms with Crippen LogP contribution in [0, 0.1) is 0 Å². The fourth-order valence-corrected chi connectivity index (χ4v) is 3.11. The van der Waals surface area contributed by atoms with Crippen molar-refractivity contribution in [1.29, 1.82) is 0 Å². The Morgan fingerprint density at radius 1 is 1.10 bits per heavy atom. The SMILES string of the molecule is CNCC1CCCN1CC(=O)N1CCN(C(C)=O)CC1. The molecule has 2 rings (SSSR count). The lowest BCUT2D eigenvalue weighted by Gasteiger charge is -2.35. The van der Waals surface area contributed by atoms with Crippen LogP contribution in [0.25, 0.3) is 0 Å². The molecule has 6 nitrogen and oxygen atoms in total. The summed E-state index contributed by atoms with van der Waals surface area (Å²) in [7, 11) is 1.96. The van der Waals surface area contributed by atoms with E-state index >= 15 is 0 Å². The Morgan fingerprint density at radius 2 is 1.75 bits per heavy atom. The number of nitrogens with one attached hydrogen (secondary N) is 1. The second-order valence-corrected chi connectivity index (χ2v) is 5.71. The van der Waals surface area contributed by atoms with Crippen LogP contribution >= 0.6 is 0 Å². The zero-order valence-electron chi connectivity index (χ0n) is 12.6.